The van der Waals surface area contributed by atoms with Crippen molar-refractivity contribution in [2.45, 2.75) is 0 Å². The molecule has 0 aromatic heterocycles. The molecule has 1 aliphatic rings. The van der Waals surface area contributed by atoms with Crippen LogP contribution in [0.25, 0.3) is 0 Å². The number of hydrogen-bond acceptors (Lipinski definition) is 4. The van der Waals surface area contributed by atoms with Crippen LogP contribution in [0.3, 0.4) is 0 Å². The van der Waals surface area contributed by atoms with Crippen molar-refractivity contribution in [3.05, 3.63) is 182 Å². The van der Waals surface area contributed by atoms with E-state index >= 15 is 0 Å². The fourth-order valence-corrected chi connectivity index (χ4v) is 32.3. The van der Waals surface area contributed by atoms with Gasteiger partial charge in [0.25, 0.3) is 0 Å². The average Bonchev–Trinajstić information content (AvgIpc) is 3.13. The standard InChI is InChI=1S/C37H33N3P4S/c1-41(44(45,36-28-16-6-17-29-36)37-30-18-7-19-31-37)38-42(32-20-8-2-9-21-32,33-22-10-3-11-23-33)40-43(39-41,34-24-12-4-13-25-34)35-26-14-5-15-27-35/h2-31H,1H3. The molecule has 8 heteroatoms. The lowest BCUT2D eigenvalue weighted by atomic mass is 10.4. The molecule has 1 atom stereocenters. The van der Waals surface area contributed by atoms with Crippen LogP contribution < -0.4 is 31.8 Å². The first-order valence-electron chi connectivity index (χ1n) is 14.8. The molecular weight excluding hydrogens is 642 g/mol. The van der Waals surface area contributed by atoms with E-state index in [9.17, 15) is 0 Å². The molecule has 1 aliphatic heterocycles. The molecule has 0 saturated carbocycles. The summed E-state index contributed by atoms with van der Waals surface area (Å²) in [5.74, 6) is 0. The Morgan fingerprint density at radius 1 is 0.378 bits per heavy atom. The molecule has 6 aromatic rings. The van der Waals surface area contributed by atoms with Crippen LogP contribution in [0.1, 0.15) is 0 Å². The fraction of sp³-hybridized carbons (Fsp3) is 0.0270. The van der Waals surface area contributed by atoms with Crippen molar-refractivity contribution >= 4 is 70.7 Å². The molecule has 0 aliphatic carbocycles. The van der Waals surface area contributed by atoms with Gasteiger partial charge in [0.1, 0.15) is 21.3 Å². The summed E-state index contributed by atoms with van der Waals surface area (Å²) in [6.07, 6.45) is 0. The first-order chi connectivity index (χ1) is 22.0. The van der Waals surface area contributed by atoms with Gasteiger partial charge >= 0.3 is 0 Å². The Morgan fingerprint density at radius 3 is 0.956 bits per heavy atom. The van der Waals surface area contributed by atoms with Crippen LogP contribution >= 0.6 is 27.0 Å². The quantitative estimate of drug-likeness (QED) is 0.156. The van der Waals surface area contributed by atoms with Crippen LogP contribution in [-0.2, 0) is 11.8 Å². The highest BCUT2D eigenvalue weighted by atomic mass is 32.6. The molecule has 0 fully saturated rings. The third kappa shape index (κ3) is 5.24. The largest absolute Gasteiger partial charge is 0.227 e. The molecule has 1 unspecified atom stereocenters. The van der Waals surface area contributed by atoms with Gasteiger partial charge < -0.3 is 0 Å². The van der Waals surface area contributed by atoms with Crippen molar-refractivity contribution in [3.8, 4) is 0 Å². The highest BCUT2D eigenvalue weighted by Gasteiger charge is 2.45. The predicted molar refractivity (Wildman–Crippen MR) is 205 cm³/mol. The molecule has 0 N–H and O–H groups in total. The second-order valence-electron chi connectivity index (χ2n) is 10.9. The first-order valence-corrected chi connectivity index (χ1v) is 23.9. The molecule has 3 nitrogen and oxygen atoms in total. The highest BCUT2D eigenvalue weighted by molar-refractivity contribution is 8.60. The maximum absolute atomic E-state index is 7.14. The van der Waals surface area contributed by atoms with Gasteiger partial charge in [0.2, 0.25) is 0 Å². The van der Waals surface area contributed by atoms with Crippen LogP contribution in [0.5, 0.6) is 0 Å². The highest BCUT2D eigenvalue weighted by Crippen LogP contribution is 2.89. The molecule has 1 heterocycles. The molecule has 6 aromatic carbocycles. The summed E-state index contributed by atoms with van der Waals surface area (Å²) in [7, 11) is -5.58. The van der Waals surface area contributed by atoms with E-state index in [4.69, 9.17) is 25.4 Å². The maximum atomic E-state index is 7.14. The van der Waals surface area contributed by atoms with Crippen LogP contribution in [0.4, 0.5) is 0 Å². The summed E-state index contributed by atoms with van der Waals surface area (Å²) >= 11 is 7.14. The first kappa shape index (κ1) is 30.3. The molecule has 0 bridgehead atoms. The summed E-state index contributed by atoms with van der Waals surface area (Å²) in [5, 5.41) is 6.84. The van der Waals surface area contributed by atoms with Gasteiger partial charge in [0, 0.05) is 21.2 Å². The van der Waals surface area contributed by atoms with Gasteiger partial charge in [0.15, 0.2) is 0 Å². The minimum Gasteiger partial charge on any atom is -0.227 e. The number of hydrogen-bond donors (Lipinski definition) is 0. The lowest BCUT2D eigenvalue weighted by Crippen LogP contribution is -2.22. The maximum Gasteiger partial charge on any atom is 0.138 e. The molecule has 0 radical (unpaired) electrons. The lowest BCUT2D eigenvalue weighted by Gasteiger charge is -2.41. The van der Waals surface area contributed by atoms with Crippen molar-refractivity contribution < 1.29 is 0 Å². The van der Waals surface area contributed by atoms with Crippen LogP contribution in [0.2, 0.25) is 0 Å². The van der Waals surface area contributed by atoms with Gasteiger partial charge in [-0.25, -0.2) is 13.5 Å². The SMILES string of the molecule is CP1(P(=S)(c2ccccc2)c2ccccc2)=NP(c2ccccc2)(c2ccccc2)=NP(c2ccccc2)(c2ccccc2)=N1. The lowest BCUT2D eigenvalue weighted by molar-refractivity contribution is 1.63. The topological polar surface area (TPSA) is 37.1 Å². The molecular formula is C37H33N3P4S. The molecule has 0 saturated heterocycles. The number of rotatable bonds is 7. The summed E-state index contributed by atoms with van der Waals surface area (Å²) < 4.78 is 18.3. The summed E-state index contributed by atoms with van der Waals surface area (Å²) in [4.78, 5) is 0. The summed E-state index contributed by atoms with van der Waals surface area (Å²) in [6, 6.07) is 64.2. The van der Waals surface area contributed by atoms with Gasteiger partial charge in [0.05, 0.1) is 5.73 Å². The van der Waals surface area contributed by atoms with E-state index < -0.39 is 27.0 Å². The molecule has 222 valence electrons. The zero-order chi connectivity index (χ0) is 30.8. The number of benzene rings is 6. The Labute approximate surface area is 271 Å². The van der Waals surface area contributed by atoms with E-state index in [0.29, 0.717) is 0 Å². The van der Waals surface area contributed by atoms with E-state index in [2.05, 4.69) is 189 Å². The molecule has 7 rings (SSSR count). The normalized spacial score (nSPS) is 18.5. The second kappa shape index (κ2) is 12.5. The average molecular weight is 676 g/mol. The third-order valence-electron chi connectivity index (χ3n) is 8.07. The van der Waals surface area contributed by atoms with E-state index in [1.165, 1.54) is 0 Å². The Kier molecular flexibility index (Phi) is 8.39. The molecule has 0 spiro atoms. The zero-order valence-corrected chi connectivity index (χ0v) is 29.3. The zero-order valence-electron chi connectivity index (χ0n) is 24.9. The summed E-state index contributed by atoms with van der Waals surface area (Å²) in [6.45, 7) is -0.444. The smallest absolute Gasteiger partial charge is 0.138 e. The van der Waals surface area contributed by atoms with E-state index in [1.54, 1.807) is 0 Å². The van der Waals surface area contributed by atoms with Crippen molar-refractivity contribution in [1.29, 1.82) is 0 Å². The van der Waals surface area contributed by atoms with Crippen molar-refractivity contribution in [2.24, 2.45) is 13.5 Å². The Morgan fingerprint density at radius 2 is 0.644 bits per heavy atom. The van der Waals surface area contributed by atoms with Crippen LogP contribution in [0, 0.1) is 0 Å². The third-order valence-corrected chi connectivity index (χ3v) is 32.1. The van der Waals surface area contributed by atoms with Gasteiger partial charge in [-0.2, -0.15) is 0 Å². The van der Waals surface area contributed by atoms with Gasteiger partial charge in [-0.05, 0) is 17.3 Å². The van der Waals surface area contributed by atoms with Gasteiger partial charge in [-0.1, -0.05) is 194 Å². The van der Waals surface area contributed by atoms with E-state index in [-0.39, 0.29) is 0 Å². The van der Waals surface area contributed by atoms with Crippen molar-refractivity contribution in [1.82, 2.24) is 0 Å². The van der Waals surface area contributed by atoms with E-state index in [0.717, 1.165) is 31.8 Å². The van der Waals surface area contributed by atoms with Gasteiger partial charge in [-0.15, -0.1) is 0 Å². The Balaban J connectivity index is 1.76. The second-order valence-corrected chi connectivity index (χ2v) is 28.0. The van der Waals surface area contributed by atoms with Crippen molar-refractivity contribution in [3.63, 3.8) is 0 Å². The van der Waals surface area contributed by atoms with Gasteiger partial charge in [-0.3, -0.25) is 0 Å². The minimum absolute atomic E-state index is 1.14. The van der Waals surface area contributed by atoms with E-state index in [1.807, 2.05) is 0 Å². The summed E-state index contributed by atoms with van der Waals surface area (Å²) in [5.41, 5.74) is -2.65. The van der Waals surface area contributed by atoms with Crippen LogP contribution in [0.15, 0.2) is 196 Å². The minimum atomic E-state index is -2.79. The van der Waals surface area contributed by atoms with Crippen molar-refractivity contribution in [2.75, 3.05) is 6.66 Å². The predicted octanol–water partition coefficient (Wildman–Crippen LogP) is 9.33. The fourth-order valence-electron chi connectivity index (χ4n) is 5.95. The molecule has 0 amide bonds. The van der Waals surface area contributed by atoms with Crippen LogP contribution in [-0.4, -0.2) is 6.66 Å². The number of nitrogens with zero attached hydrogens (tertiary/aromatic N) is 3. The molecule has 45 heavy (non-hydrogen) atoms. The Hall–Kier alpha value is -3.34. The monoisotopic (exact) mass is 675 g/mol. The Bertz CT molecular complexity index is 1940.